The molecule has 0 saturated carbocycles. The number of rotatable bonds is 8. The monoisotopic (exact) mass is 304 g/mol. The van der Waals surface area contributed by atoms with Crippen LogP contribution in [0.15, 0.2) is 23.6 Å². The highest BCUT2D eigenvalue weighted by Gasteiger charge is 2.06. The lowest BCUT2D eigenvalue weighted by atomic mass is 10.3. The predicted molar refractivity (Wildman–Crippen MR) is 89.9 cm³/mol. The van der Waals surface area contributed by atoms with Crippen LogP contribution in [0.2, 0.25) is 0 Å². The molecule has 114 valence electrons. The summed E-state index contributed by atoms with van der Waals surface area (Å²) in [5.41, 5.74) is 1.02. The van der Waals surface area contributed by atoms with Gasteiger partial charge in [-0.3, -0.25) is 4.90 Å². The number of aromatic nitrogens is 2. The highest BCUT2D eigenvalue weighted by atomic mass is 32.1. The molecule has 4 nitrogen and oxygen atoms in total. The number of thiophene rings is 1. The quantitative estimate of drug-likeness (QED) is 0.812. The molecule has 0 fully saturated rings. The normalized spacial score (nSPS) is 11.0. The first kappa shape index (κ1) is 15.9. The van der Waals surface area contributed by atoms with Crippen LogP contribution in [0.3, 0.4) is 0 Å². The molecule has 0 spiro atoms. The van der Waals surface area contributed by atoms with Gasteiger partial charge in [0.2, 0.25) is 0 Å². The van der Waals surface area contributed by atoms with Gasteiger partial charge in [-0.05, 0) is 38.3 Å². The second-order valence-corrected chi connectivity index (χ2v) is 6.34. The fourth-order valence-electron chi connectivity index (χ4n) is 2.12. The second kappa shape index (κ2) is 8.10. The van der Waals surface area contributed by atoms with Crippen LogP contribution in [0.4, 0.5) is 5.82 Å². The van der Waals surface area contributed by atoms with E-state index in [0.717, 1.165) is 49.8 Å². The van der Waals surface area contributed by atoms with Gasteiger partial charge in [-0.1, -0.05) is 13.0 Å². The highest BCUT2D eigenvalue weighted by molar-refractivity contribution is 7.09. The molecule has 2 heterocycles. The molecule has 0 bridgehead atoms. The lowest BCUT2D eigenvalue weighted by Crippen LogP contribution is -2.22. The first-order valence-corrected chi connectivity index (χ1v) is 8.34. The van der Waals surface area contributed by atoms with Gasteiger partial charge in [-0.15, -0.1) is 11.3 Å². The molecule has 0 aromatic carbocycles. The van der Waals surface area contributed by atoms with Crippen molar-refractivity contribution in [3.8, 4) is 0 Å². The van der Waals surface area contributed by atoms with Crippen LogP contribution < -0.4 is 5.32 Å². The standard InChI is InChI=1S/C16H24N4S/c1-4-8-17-15-11-13(2)18-16(19-15)12-20(3)9-7-14-6-5-10-21-14/h5-6,10-11H,4,7-9,12H2,1-3H3,(H,17,18,19). The Morgan fingerprint density at radius 2 is 2.19 bits per heavy atom. The molecule has 0 amide bonds. The van der Waals surface area contributed by atoms with Gasteiger partial charge in [0.1, 0.15) is 11.6 Å². The van der Waals surface area contributed by atoms with Gasteiger partial charge in [-0.2, -0.15) is 0 Å². The summed E-state index contributed by atoms with van der Waals surface area (Å²) in [4.78, 5) is 12.8. The zero-order valence-electron chi connectivity index (χ0n) is 13.1. The van der Waals surface area contributed by atoms with Crippen LogP contribution in [0.5, 0.6) is 0 Å². The first-order chi connectivity index (χ1) is 10.2. The van der Waals surface area contributed by atoms with Gasteiger partial charge < -0.3 is 5.32 Å². The van der Waals surface area contributed by atoms with E-state index in [0.29, 0.717) is 0 Å². The predicted octanol–water partition coefficient (Wildman–Crippen LogP) is 3.34. The Balaban J connectivity index is 1.90. The van der Waals surface area contributed by atoms with Crippen molar-refractivity contribution in [2.75, 3.05) is 25.5 Å². The number of likely N-dealkylation sites (N-methyl/N-ethyl adjacent to an activating group) is 1. The van der Waals surface area contributed by atoms with Crippen molar-refractivity contribution < 1.29 is 0 Å². The lowest BCUT2D eigenvalue weighted by molar-refractivity contribution is 0.323. The lowest BCUT2D eigenvalue weighted by Gasteiger charge is -2.16. The van der Waals surface area contributed by atoms with Crippen LogP contribution >= 0.6 is 11.3 Å². The Morgan fingerprint density at radius 3 is 2.90 bits per heavy atom. The maximum atomic E-state index is 4.59. The van der Waals surface area contributed by atoms with E-state index in [2.05, 4.69) is 51.7 Å². The molecular weight excluding hydrogens is 280 g/mol. The molecule has 2 aromatic heterocycles. The zero-order chi connectivity index (χ0) is 15.1. The highest BCUT2D eigenvalue weighted by Crippen LogP contribution is 2.11. The van der Waals surface area contributed by atoms with E-state index in [1.807, 2.05) is 24.3 Å². The Kier molecular flexibility index (Phi) is 6.14. The van der Waals surface area contributed by atoms with Crippen molar-refractivity contribution in [3.63, 3.8) is 0 Å². The Bertz CT molecular complexity index is 539. The van der Waals surface area contributed by atoms with Crippen molar-refractivity contribution in [2.24, 2.45) is 0 Å². The summed E-state index contributed by atoms with van der Waals surface area (Å²) in [6, 6.07) is 6.30. The number of nitrogens with one attached hydrogen (secondary N) is 1. The van der Waals surface area contributed by atoms with Gasteiger partial charge in [0, 0.05) is 29.7 Å². The largest absolute Gasteiger partial charge is 0.370 e. The summed E-state index contributed by atoms with van der Waals surface area (Å²) in [6.45, 7) is 6.93. The van der Waals surface area contributed by atoms with Crippen molar-refractivity contribution in [1.29, 1.82) is 0 Å². The van der Waals surface area contributed by atoms with Gasteiger partial charge in [0.05, 0.1) is 6.54 Å². The summed E-state index contributed by atoms with van der Waals surface area (Å²) in [6.07, 6.45) is 2.18. The number of hydrogen-bond donors (Lipinski definition) is 1. The number of anilines is 1. The van der Waals surface area contributed by atoms with E-state index < -0.39 is 0 Å². The van der Waals surface area contributed by atoms with E-state index in [1.54, 1.807) is 0 Å². The third kappa shape index (κ3) is 5.44. The number of hydrogen-bond acceptors (Lipinski definition) is 5. The maximum Gasteiger partial charge on any atom is 0.144 e. The molecule has 1 N–H and O–H groups in total. The van der Waals surface area contributed by atoms with Crippen LogP contribution in [0.25, 0.3) is 0 Å². The van der Waals surface area contributed by atoms with Crippen LogP contribution in [0.1, 0.15) is 29.7 Å². The van der Waals surface area contributed by atoms with Gasteiger partial charge in [0.25, 0.3) is 0 Å². The molecule has 0 aliphatic heterocycles. The maximum absolute atomic E-state index is 4.59. The third-order valence-electron chi connectivity index (χ3n) is 3.19. The first-order valence-electron chi connectivity index (χ1n) is 7.46. The van der Waals surface area contributed by atoms with Crippen molar-refractivity contribution in [3.05, 3.63) is 40.0 Å². The Hall–Kier alpha value is -1.46. The summed E-state index contributed by atoms with van der Waals surface area (Å²) in [7, 11) is 2.12. The Morgan fingerprint density at radius 1 is 1.33 bits per heavy atom. The summed E-state index contributed by atoms with van der Waals surface area (Å²) in [5, 5.41) is 5.46. The van der Waals surface area contributed by atoms with Crippen LogP contribution in [-0.4, -0.2) is 35.0 Å². The molecule has 0 atom stereocenters. The van der Waals surface area contributed by atoms with E-state index in [-0.39, 0.29) is 0 Å². The van der Waals surface area contributed by atoms with Gasteiger partial charge in [-0.25, -0.2) is 9.97 Å². The van der Waals surface area contributed by atoms with Crippen LogP contribution in [-0.2, 0) is 13.0 Å². The molecule has 2 aromatic rings. The fraction of sp³-hybridized carbons (Fsp3) is 0.500. The third-order valence-corrected chi connectivity index (χ3v) is 4.12. The minimum atomic E-state index is 0.786. The van der Waals surface area contributed by atoms with Gasteiger partial charge in [0.15, 0.2) is 0 Å². The molecule has 0 aliphatic rings. The van der Waals surface area contributed by atoms with E-state index in [1.165, 1.54) is 4.88 Å². The molecule has 21 heavy (non-hydrogen) atoms. The van der Waals surface area contributed by atoms with Crippen molar-refractivity contribution in [2.45, 2.75) is 33.2 Å². The molecule has 0 radical (unpaired) electrons. The molecule has 0 aliphatic carbocycles. The minimum absolute atomic E-state index is 0.786. The molecule has 5 heteroatoms. The summed E-state index contributed by atoms with van der Waals surface area (Å²) >= 11 is 1.82. The van der Waals surface area contributed by atoms with E-state index in [9.17, 15) is 0 Å². The topological polar surface area (TPSA) is 41.1 Å². The fourth-order valence-corrected chi connectivity index (χ4v) is 2.82. The average molecular weight is 304 g/mol. The van der Waals surface area contributed by atoms with E-state index >= 15 is 0 Å². The number of nitrogens with zero attached hydrogens (tertiary/aromatic N) is 3. The van der Waals surface area contributed by atoms with Crippen molar-refractivity contribution in [1.82, 2.24) is 14.9 Å². The molecular formula is C16H24N4S. The average Bonchev–Trinajstić information content (AvgIpc) is 2.95. The summed E-state index contributed by atoms with van der Waals surface area (Å²) in [5.74, 6) is 1.83. The Labute approximate surface area is 131 Å². The molecule has 2 rings (SSSR count). The molecule has 0 unspecified atom stereocenters. The van der Waals surface area contributed by atoms with Gasteiger partial charge >= 0.3 is 0 Å². The SMILES string of the molecule is CCCNc1cc(C)nc(CN(C)CCc2cccs2)n1. The van der Waals surface area contributed by atoms with E-state index in [4.69, 9.17) is 0 Å². The minimum Gasteiger partial charge on any atom is -0.370 e. The summed E-state index contributed by atoms with van der Waals surface area (Å²) < 4.78 is 0. The van der Waals surface area contributed by atoms with Crippen molar-refractivity contribution >= 4 is 17.2 Å². The second-order valence-electron chi connectivity index (χ2n) is 5.30. The zero-order valence-corrected chi connectivity index (χ0v) is 13.9. The smallest absolute Gasteiger partial charge is 0.144 e. The molecule has 0 saturated heterocycles. The number of aryl methyl sites for hydroxylation is 1. The van der Waals surface area contributed by atoms with Crippen LogP contribution in [0, 0.1) is 6.92 Å².